The summed E-state index contributed by atoms with van der Waals surface area (Å²) in [6.07, 6.45) is 0.878. The minimum absolute atomic E-state index is 0.0316. The van der Waals surface area contributed by atoms with E-state index in [0.29, 0.717) is 22.2 Å². The Kier molecular flexibility index (Phi) is 6.42. The van der Waals surface area contributed by atoms with Crippen molar-refractivity contribution in [2.75, 3.05) is 13.7 Å². The quantitative estimate of drug-likeness (QED) is 0.848. The van der Waals surface area contributed by atoms with Crippen LogP contribution in [0.4, 0.5) is 0 Å². The molecule has 1 rings (SSSR count). The van der Waals surface area contributed by atoms with Crippen LogP contribution in [0.5, 0.6) is 5.75 Å². The van der Waals surface area contributed by atoms with E-state index in [-0.39, 0.29) is 25.0 Å². The number of hydrogen-bond donors (Lipinski definition) is 2. The van der Waals surface area contributed by atoms with E-state index < -0.39 is 0 Å². The molecule has 0 aliphatic heterocycles. The van der Waals surface area contributed by atoms with Crippen LogP contribution in [0.3, 0.4) is 0 Å². The highest BCUT2D eigenvalue weighted by molar-refractivity contribution is 6.35. The molecule has 0 aliphatic carbocycles. The first-order valence-corrected chi connectivity index (χ1v) is 6.76. The van der Waals surface area contributed by atoms with Crippen molar-refractivity contribution in [2.45, 2.75) is 25.8 Å². The summed E-state index contributed by atoms with van der Waals surface area (Å²) in [4.78, 5) is 11.1. The number of hydrogen-bond acceptors (Lipinski definition) is 3. The summed E-state index contributed by atoms with van der Waals surface area (Å²) in [6, 6.07) is 3.37. The summed E-state index contributed by atoms with van der Waals surface area (Å²) in [5.74, 6) is 0.464. The number of halogens is 2. The second-order valence-electron chi connectivity index (χ2n) is 4.33. The number of ether oxygens (including phenoxy) is 1. The minimum Gasteiger partial charge on any atom is -0.491 e. The van der Waals surface area contributed by atoms with Crippen LogP contribution < -0.4 is 15.8 Å². The smallest absolute Gasteiger partial charge is 0.223 e. The Morgan fingerprint density at radius 3 is 2.74 bits per heavy atom. The van der Waals surface area contributed by atoms with Gasteiger partial charge in [0.15, 0.2) is 0 Å². The maximum atomic E-state index is 11.1. The van der Waals surface area contributed by atoms with Gasteiger partial charge in [0.05, 0.1) is 18.1 Å². The van der Waals surface area contributed by atoms with Gasteiger partial charge in [-0.1, -0.05) is 23.2 Å². The predicted molar refractivity (Wildman–Crippen MR) is 78.0 cm³/mol. The van der Waals surface area contributed by atoms with Gasteiger partial charge in [-0.15, -0.1) is 0 Å². The molecule has 0 saturated heterocycles. The molecule has 0 aliphatic rings. The van der Waals surface area contributed by atoms with E-state index in [4.69, 9.17) is 33.7 Å². The molecule has 1 aromatic rings. The van der Waals surface area contributed by atoms with E-state index in [9.17, 15) is 4.79 Å². The number of amides is 1. The number of benzene rings is 1. The summed E-state index contributed by atoms with van der Waals surface area (Å²) >= 11 is 12.1. The molecule has 19 heavy (non-hydrogen) atoms. The van der Waals surface area contributed by atoms with Gasteiger partial charge in [0.2, 0.25) is 5.91 Å². The molecule has 3 N–H and O–H groups in total. The van der Waals surface area contributed by atoms with Crippen LogP contribution in [0.2, 0.25) is 10.0 Å². The number of rotatable bonds is 6. The van der Waals surface area contributed by atoms with Crippen LogP contribution in [0.25, 0.3) is 0 Å². The molecule has 1 aromatic carbocycles. The van der Waals surface area contributed by atoms with Gasteiger partial charge < -0.3 is 15.8 Å². The molecule has 0 radical (unpaired) electrons. The molecular formula is C13H18Cl2N2O2. The molecule has 0 bridgehead atoms. The highest BCUT2D eigenvalue weighted by Crippen LogP contribution is 2.33. The van der Waals surface area contributed by atoms with Crippen LogP contribution in [0, 0.1) is 0 Å². The van der Waals surface area contributed by atoms with E-state index in [1.807, 2.05) is 6.92 Å². The van der Waals surface area contributed by atoms with Crippen molar-refractivity contribution in [1.29, 1.82) is 0 Å². The minimum atomic E-state index is -0.0844. The summed E-state index contributed by atoms with van der Waals surface area (Å²) in [7, 11) is 1.58. The lowest BCUT2D eigenvalue weighted by Crippen LogP contribution is -2.21. The molecule has 4 nitrogen and oxygen atoms in total. The SMILES string of the molecule is CNC(=O)CCOc1c(Cl)cc(Cl)cc1CC(C)N. The lowest BCUT2D eigenvalue weighted by atomic mass is 10.1. The lowest BCUT2D eigenvalue weighted by molar-refractivity contribution is -0.121. The summed E-state index contributed by atoms with van der Waals surface area (Å²) in [5.41, 5.74) is 6.64. The van der Waals surface area contributed by atoms with E-state index >= 15 is 0 Å². The van der Waals surface area contributed by atoms with Crippen LogP contribution in [-0.4, -0.2) is 25.6 Å². The Morgan fingerprint density at radius 2 is 2.16 bits per heavy atom. The zero-order valence-electron chi connectivity index (χ0n) is 11.0. The summed E-state index contributed by atoms with van der Waals surface area (Å²) in [5, 5.41) is 3.50. The van der Waals surface area contributed by atoms with E-state index in [2.05, 4.69) is 5.32 Å². The largest absolute Gasteiger partial charge is 0.491 e. The van der Waals surface area contributed by atoms with Gasteiger partial charge >= 0.3 is 0 Å². The molecule has 6 heteroatoms. The average Bonchev–Trinajstić information content (AvgIpc) is 2.31. The van der Waals surface area contributed by atoms with E-state index in [1.165, 1.54) is 0 Å². The first-order chi connectivity index (χ1) is 8.93. The molecule has 0 spiro atoms. The third-order valence-corrected chi connectivity index (χ3v) is 2.98. The maximum absolute atomic E-state index is 11.1. The van der Waals surface area contributed by atoms with Crippen LogP contribution in [0.1, 0.15) is 18.9 Å². The number of carbonyl (C=O) groups excluding carboxylic acids is 1. The summed E-state index contributed by atoms with van der Waals surface area (Å²) in [6.45, 7) is 2.15. The van der Waals surface area contributed by atoms with Crippen molar-refractivity contribution in [3.63, 3.8) is 0 Å². The van der Waals surface area contributed by atoms with Gasteiger partial charge in [-0.2, -0.15) is 0 Å². The monoisotopic (exact) mass is 304 g/mol. The van der Waals surface area contributed by atoms with Gasteiger partial charge in [0, 0.05) is 18.1 Å². The second-order valence-corrected chi connectivity index (χ2v) is 5.17. The molecule has 1 atom stereocenters. The van der Waals surface area contributed by atoms with E-state index in [1.54, 1.807) is 19.2 Å². The van der Waals surface area contributed by atoms with Gasteiger partial charge in [-0.25, -0.2) is 0 Å². The highest BCUT2D eigenvalue weighted by atomic mass is 35.5. The number of nitrogens with two attached hydrogens (primary N) is 1. The molecule has 0 heterocycles. The van der Waals surface area contributed by atoms with Crippen molar-refractivity contribution >= 4 is 29.1 Å². The van der Waals surface area contributed by atoms with Crippen LogP contribution in [0.15, 0.2) is 12.1 Å². The molecular weight excluding hydrogens is 287 g/mol. The third kappa shape index (κ3) is 5.27. The van der Waals surface area contributed by atoms with Gasteiger partial charge in [-0.3, -0.25) is 4.79 Å². The fraction of sp³-hybridized carbons (Fsp3) is 0.462. The number of nitrogens with one attached hydrogen (secondary N) is 1. The van der Waals surface area contributed by atoms with Crippen LogP contribution >= 0.6 is 23.2 Å². The van der Waals surface area contributed by atoms with Crippen molar-refractivity contribution in [3.8, 4) is 5.75 Å². The van der Waals surface area contributed by atoms with Crippen molar-refractivity contribution < 1.29 is 9.53 Å². The Bertz CT molecular complexity index is 451. The van der Waals surface area contributed by atoms with Crippen molar-refractivity contribution in [2.24, 2.45) is 5.73 Å². The molecule has 0 fully saturated rings. The second kappa shape index (κ2) is 7.58. The molecule has 0 aromatic heterocycles. The van der Waals surface area contributed by atoms with Crippen LogP contribution in [-0.2, 0) is 11.2 Å². The standard InChI is InChI=1S/C13H18Cl2N2O2/c1-8(16)5-9-6-10(14)7-11(15)13(9)19-4-3-12(18)17-2/h6-8H,3-5,16H2,1-2H3,(H,17,18). The maximum Gasteiger partial charge on any atom is 0.223 e. The fourth-order valence-electron chi connectivity index (χ4n) is 1.64. The Hall–Kier alpha value is -0.970. The Morgan fingerprint density at radius 1 is 1.47 bits per heavy atom. The first kappa shape index (κ1) is 16.1. The number of carbonyl (C=O) groups is 1. The van der Waals surface area contributed by atoms with Gasteiger partial charge in [0.1, 0.15) is 5.75 Å². The van der Waals surface area contributed by atoms with Gasteiger partial charge in [0.25, 0.3) is 0 Å². The zero-order chi connectivity index (χ0) is 14.4. The molecule has 106 valence electrons. The first-order valence-electron chi connectivity index (χ1n) is 6.01. The lowest BCUT2D eigenvalue weighted by Gasteiger charge is -2.15. The Labute approximate surface area is 123 Å². The molecule has 1 amide bonds. The van der Waals surface area contributed by atoms with Gasteiger partial charge in [-0.05, 0) is 31.0 Å². The fourth-order valence-corrected chi connectivity index (χ4v) is 2.23. The van der Waals surface area contributed by atoms with Crippen molar-refractivity contribution in [1.82, 2.24) is 5.32 Å². The highest BCUT2D eigenvalue weighted by Gasteiger charge is 2.13. The zero-order valence-corrected chi connectivity index (χ0v) is 12.5. The topological polar surface area (TPSA) is 64.3 Å². The average molecular weight is 305 g/mol. The van der Waals surface area contributed by atoms with E-state index in [0.717, 1.165) is 5.56 Å². The van der Waals surface area contributed by atoms with Crippen molar-refractivity contribution in [3.05, 3.63) is 27.7 Å². The predicted octanol–water partition coefficient (Wildman–Crippen LogP) is 2.40. The Balaban J connectivity index is 2.82. The molecule has 0 saturated carbocycles. The third-order valence-electron chi connectivity index (χ3n) is 2.48. The normalized spacial score (nSPS) is 12.1. The molecule has 1 unspecified atom stereocenters. The summed E-state index contributed by atoms with van der Waals surface area (Å²) < 4.78 is 5.59.